The summed E-state index contributed by atoms with van der Waals surface area (Å²) in [6, 6.07) is 9.44. The molecule has 0 spiro atoms. The van der Waals surface area contributed by atoms with Gasteiger partial charge in [-0.1, -0.05) is 30.3 Å². The number of hydrogen-bond donors (Lipinski definition) is 1. The first-order valence-electron chi connectivity index (χ1n) is 7.78. The van der Waals surface area contributed by atoms with Crippen molar-refractivity contribution in [2.75, 3.05) is 27.3 Å². The van der Waals surface area contributed by atoms with E-state index in [1.807, 2.05) is 25.2 Å². The van der Waals surface area contributed by atoms with Gasteiger partial charge in [-0.2, -0.15) is 0 Å². The third kappa shape index (κ3) is 4.53. The maximum Gasteiger partial charge on any atom is 0.326 e. The van der Waals surface area contributed by atoms with E-state index in [-0.39, 0.29) is 18.6 Å². The van der Waals surface area contributed by atoms with E-state index in [1.165, 1.54) is 17.6 Å². The highest BCUT2D eigenvalue weighted by Gasteiger charge is 2.37. The predicted octanol–water partition coefficient (Wildman–Crippen LogP) is 1.21. The van der Waals surface area contributed by atoms with E-state index in [9.17, 15) is 14.7 Å². The molecule has 0 bridgehead atoms. The fourth-order valence-corrected chi connectivity index (χ4v) is 3.09. The number of likely N-dealkylation sites (tertiary alicyclic amines) is 1. The average Bonchev–Trinajstić information content (AvgIpc) is 2.55. The van der Waals surface area contributed by atoms with E-state index in [0.717, 1.165) is 13.0 Å². The summed E-state index contributed by atoms with van der Waals surface area (Å²) in [5, 5.41) is 9.46. The quantitative estimate of drug-likeness (QED) is 0.853. The summed E-state index contributed by atoms with van der Waals surface area (Å²) < 4.78 is 4.84. The smallest absolute Gasteiger partial charge is 0.326 e. The summed E-state index contributed by atoms with van der Waals surface area (Å²) in [5.41, 5.74) is 1.19. The standard InChI is InChI=1S/C17H24N2O4/c1-18(11-13-6-4-3-5-7-13)14-8-9-19(16(20)12-23-2)15(10-14)17(21)22/h3-7,14-15H,8-12H2,1-2H3,(H,21,22). The molecule has 1 aliphatic rings. The Kier molecular flexibility index (Phi) is 6.12. The van der Waals surface area contributed by atoms with Crippen molar-refractivity contribution in [3.05, 3.63) is 35.9 Å². The molecule has 0 aliphatic carbocycles. The number of amides is 1. The van der Waals surface area contributed by atoms with Gasteiger partial charge < -0.3 is 14.7 Å². The van der Waals surface area contributed by atoms with Crippen molar-refractivity contribution in [1.29, 1.82) is 0 Å². The second kappa shape index (κ2) is 8.08. The zero-order valence-electron chi connectivity index (χ0n) is 13.6. The van der Waals surface area contributed by atoms with E-state index in [4.69, 9.17) is 4.74 Å². The normalized spacial score (nSPS) is 21.4. The zero-order valence-corrected chi connectivity index (χ0v) is 13.6. The molecule has 1 amide bonds. The Labute approximate surface area is 136 Å². The van der Waals surface area contributed by atoms with Gasteiger partial charge in [-0.3, -0.25) is 9.69 Å². The number of piperidine rings is 1. The molecule has 6 nitrogen and oxygen atoms in total. The number of carbonyl (C=O) groups excluding carboxylic acids is 1. The zero-order chi connectivity index (χ0) is 16.8. The van der Waals surface area contributed by atoms with Crippen LogP contribution in [-0.4, -0.2) is 66.2 Å². The molecular weight excluding hydrogens is 296 g/mol. The lowest BCUT2D eigenvalue weighted by Crippen LogP contribution is -2.55. The molecule has 1 aliphatic heterocycles. The number of carboxylic acid groups (broad SMARTS) is 1. The van der Waals surface area contributed by atoms with Gasteiger partial charge in [-0.05, 0) is 25.5 Å². The molecule has 1 fully saturated rings. The minimum Gasteiger partial charge on any atom is -0.480 e. The van der Waals surface area contributed by atoms with Crippen LogP contribution in [0.15, 0.2) is 30.3 Å². The fraction of sp³-hybridized carbons (Fsp3) is 0.529. The van der Waals surface area contributed by atoms with Crippen molar-refractivity contribution in [2.24, 2.45) is 0 Å². The van der Waals surface area contributed by atoms with Crippen LogP contribution < -0.4 is 0 Å². The second-order valence-electron chi connectivity index (χ2n) is 5.95. The van der Waals surface area contributed by atoms with Crippen LogP contribution in [0.2, 0.25) is 0 Å². The minimum atomic E-state index is -0.952. The molecule has 126 valence electrons. The summed E-state index contributed by atoms with van der Waals surface area (Å²) in [4.78, 5) is 27.2. The molecule has 6 heteroatoms. The Hall–Kier alpha value is -1.92. The molecule has 1 heterocycles. The summed E-state index contributed by atoms with van der Waals surface area (Å²) >= 11 is 0. The lowest BCUT2D eigenvalue weighted by molar-refractivity contribution is -0.155. The monoisotopic (exact) mass is 320 g/mol. The number of hydrogen-bond acceptors (Lipinski definition) is 4. The summed E-state index contributed by atoms with van der Waals surface area (Å²) in [6.07, 6.45) is 1.21. The summed E-state index contributed by atoms with van der Waals surface area (Å²) in [5.74, 6) is -1.21. The molecular formula is C17H24N2O4. The average molecular weight is 320 g/mol. The van der Waals surface area contributed by atoms with Crippen LogP contribution >= 0.6 is 0 Å². The fourth-order valence-electron chi connectivity index (χ4n) is 3.09. The van der Waals surface area contributed by atoms with Crippen LogP contribution in [0, 0.1) is 0 Å². The Balaban J connectivity index is 2.01. The third-order valence-electron chi connectivity index (χ3n) is 4.35. The van der Waals surface area contributed by atoms with Gasteiger partial charge in [0.05, 0.1) is 0 Å². The first-order valence-corrected chi connectivity index (χ1v) is 7.78. The predicted molar refractivity (Wildman–Crippen MR) is 85.9 cm³/mol. The number of carboxylic acids is 1. The van der Waals surface area contributed by atoms with Gasteiger partial charge in [0, 0.05) is 26.2 Å². The highest BCUT2D eigenvalue weighted by atomic mass is 16.5. The van der Waals surface area contributed by atoms with E-state index in [0.29, 0.717) is 13.0 Å². The molecule has 2 rings (SSSR count). The molecule has 2 unspecified atom stereocenters. The van der Waals surface area contributed by atoms with Crippen LogP contribution in [0.1, 0.15) is 18.4 Å². The van der Waals surface area contributed by atoms with Gasteiger partial charge in [0.1, 0.15) is 12.6 Å². The molecule has 1 aromatic carbocycles. The van der Waals surface area contributed by atoms with Crippen LogP contribution in [0.3, 0.4) is 0 Å². The van der Waals surface area contributed by atoms with Crippen LogP contribution in [0.4, 0.5) is 0 Å². The van der Waals surface area contributed by atoms with Gasteiger partial charge in [-0.25, -0.2) is 4.79 Å². The number of nitrogens with zero attached hydrogens (tertiary/aromatic N) is 2. The van der Waals surface area contributed by atoms with Crippen LogP contribution in [0.25, 0.3) is 0 Å². The summed E-state index contributed by atoms with van der Waals surface area (Å²) in [6.45, 7) is 1.14. The number of methoxy groups -OCH3 is 1. The first-order chi connectivity index (χ1) is 11.0. The first kappa shape index (κ1) is 17.4. The Bertz CT molecular complexity index is 535. The summed E-state index contributed by atoms with van der Waals surface area (Å²) in [7, 11) is 3.44. The van der Waals surface area contributed by atoms with Crippen molar-refractivity contribution >= 4 is 11.9 Å². The van der Waals surface area contributed by atoms with Gasteiger partial charge >= 0.3 is 5.97 Å². The van der Waals surface area contributed by atoms with Gasteiger partial charge in [0.15, 0.2) is 0 Å². The van der Waals surface area contributed by atoms with E-state index in [2.05, 4.69) is 17.0 Å². The van der Waals surface area contributed by atoms with Crippen molar-refractivity contribution in [2.45, 2.75) is 31.5 Å². The SMILES string of the molecule is COCC(=O)N1CCC(N(C)Cc2ccccc2)CC1C(=O)O. The number of aliphatic carboxylic acids is 1. The van der Waals surface area contributed by atoms with Crippen LogP contribution in [-0.2, 0) is 20.9 Å². The van der Waals surface area contributed by atoms with Gasteiger partial charge in [-0.15, -0.1) is 0 Å². The van der Waals surface area contributed by atoms with E-state index in [1.54, 1.807) is 0 Å². The number of carbonyl (C=O) groups is 2. The topological polar surface area (TPSA) is 70.1 Å². The van der Waals surface area contributed by atoms with E-state index < -0.39 is 12.0 Å². The van der Waals surface area contributed by atoms with Gasteiger partial charge in [0.2, 0.25) is 5.91 Å². The highest BCUT2D eigenvalue weighted by Crippen LogP contribution is 2.23. The molecule has 0 saturated carbocycles. The Morgan fingerprint density at radius 2 is 2.04 bits per heavy atom. The van der Waals surface area contributed by atoms with Crippen molar-refractivity contribution in [3.63, 3.8) is 0 Å². The molecule has 1 saturated heterocycles. The van der Waals surface area contributed by atoms with Crippen molar-refractivity contribution in [3.8, 4) is 0 Å². The second-order valence-corrected chi connectivity index (χ2v) is 5.95. The van der Waals surface area contributed by atoms with Gasteiger partial charge in [0.25, 0.3) is 0 Å². The lowest BCUT2D eigenvalue weighted by Gasteiger charge is -2.40. The molecule has 1 N–H and O–H groups in total. The molecule has 2 atom stereocenters. The maximum atomic E-state index is 12.0. The third-order valence-corrected chi connectivity index (χ3v) is 4.35. The molecule has 23 heavy (non-hydrogen) atoms. The largest absolute Gasteiger partial charge is 0.480 e. The maximum absolute atomic E-state index is 12.0. The van der Waals surface area contributed by atoms with Crippen LogP contribution in [0.5, 0.6) is 0 Å². The Morgan fingerprint density at radius 1 is 1.35 bits per heavy atom. The Morgan fingerprint density at radius 3 is 2.65 bits per heavy atom. The lowest BCUT2D eigenvalue weighted by atomic mass is 9.95. The molecule has 1 aromatic rings. The highest BCUT2D eigenvalue weighted by molar-refractivity contribution is 5.84. The number of benzene rings is 1. The number of ether oxygens (including phenoxy) is 1. The molecule has 0 aromatic heterocycles. The molecule has 0 radical (unpaired) electrons. The minimum absolute atomic E-state index is 0.0751. The number of rotatable bonds is 6. The van der Waals surface area contributed by atoms with E-state index >= 15 is 0 Å². The van der Waals surface area contributed by atoms with Crippen molar-refractivity contribution in [1.82, 2.24) is 9.80 Å². The van der Waals surface area contributed by atoms with Crippen molar-refractivity contribution < 1.29 is 19.4 Å².